The van der Waals surface area contributed by atoms with Crippen molar-refractivity contribution in [2.24, 2.45) is 0 Å². The Labute approximate surface area is 120 Å². The van der Waals surface area contributed by atoms with E-state index in [-0.39, 0.29) is 0 Å². The Morgan fingerprint density at radius 1 is 1.05 bits per heavy atom. The standard InChI is InChI=1S/C18H21NO/c1-12-8-14(3)15(9-13(12)2)10-19-17-11-20-18-7-5-4-6-16(17)18/h4-9,17,19H,10-11H2,1-3H3/t17-/m0/s1. The predicted molar refractivity (Wildman–Crippen MR) is 82.2 cm³/mol. The van der Waals surface area contributed by atoms with Gasteiger partial charge >= 0.3 is 0 Å². The molecule has 0 saturated heterocycles. The zero-order chi connectivity index (χ0) is 14.1. The van der Waals surface area contributed by atoms with Crippen molar-refractivity contribution < 1.29 is 4.74 Å². The number of rotatable bonds is 3. The van der Waals surface area contributed by atoms with E-state index in [1.165, 1.54) is 27.8 Å². The average Bonchev–Trinajstić information content (AvgIpc) is 2.85. The fourth-order valence-electron chi connectivity index (χ4n) is 2.78. The Balaban J connectivity index is 1.74. The highest BCUT2D eigenvalue weighted by Crippen LogP contribution is 2.31. The fraction of sp³-hybridized carbons (Fsp3) is 0.333. The minimum atomic E-state index is 0.298. The Bertz CT molecular complexity index is 633. The van der Waals surface area contributed by atoms with Crippen molar-refractivity contribution in [3.8, 4) is 5.75 Å². The molecule has 0 bridgehead atoms. The second-order valence-corrected chi connectivity index (χ2v) is 5.65. The molecule has 1 atom stereocenters. The van der Waals surface area contributed by atoms with Gasteiger partial charge in [0.15, 0.2) is 0 Å². The summed E-state index contributed by atoms with van der Waals surface area (Å²) in [5.41, 5.74) is 6.72. The van der Waals surface area contributed by atoms with E-state index in [9.17, 15) is 0 Å². The monoisotopic (exact) mass is 267 g/mol. The van der Waals surface area contributed by atoms with Crippen molar-refractivity contribution in [1.29, 1.82) is 0 Å². The maximum Gasteiger partial charge on any atom is 0.124 e. The lowest BCUT2D eigenvalue weighted by atomic mass is 10.0. The molecule has 2 aromatic carbocycles. The van der Waals surface area contributed by atoms with Crippen molar-refractivity contribution in [3.05, 3.63) is 64.2 Å². The maximum absolute atomic E-state index is 5.71. The smallest absolute Gasteiger partial charge is 0.124 e. The first-order valence-electron chi connectivity index (χ1n) is 7.17. The van der Waals surface area contributed by atoms with E-state index in [1.54, 1.807) is 0 Å². The third kappa shape index (κ3) is 2.44. The lowest BCUT2D eigenvalue weighted by molar-refractivity contribution is 0.310. The van der Waals surface area contributed by atoms with E-state index >= 15 is 0 Å². The van der Waals surface area contributed by atoms with E-state index in [4.69, 9.17) is 4.74 Å². The summed E-state index contributed by atoms with van der Waals surface area (Å²) in [7, 11) is 0. The van der Waals surface area contributed by atoms with Crippen LogP contribution in [0, 0.1) is 20.8 Å². The van der Waals surface area contributed by atoms with Crippen LogP contribution in [0.5, 0.6) is 5.75 Å². The van der Waals surface area contributed by atoms with Crippen LogP contribution >= 0.6 is 0 Å². The van der Waals surface area contributed by atoms with Crippen molar-refractivity contribution in [2.75, 3.05) is 6.61 Å². The summed E-state index contributed by atoms with van der Waals surface area (Å²) in [6, 6.07) is 13.1. The molecular formula is C18H21NO. The first kappa shape index (κ1) is 13.2. The quantitative estimate of drug-likeness (QED) is 0.912. The molecular weight excluding hydrogens is 246 g/mol. The van der Waals surface area contributed by atoms with Crippen LogP contribution in [0.4, 0.5) is 0 Å². The van der Waals surface area contributed by atoms with E-state index in [2.05, 4.69) is 50.4 Å². The summed E-state index contributed by atoms with van der Waals surface area (Å²) in [5, 5.41) is 3.62. The molecule has 0 saturated carbocycles. The molecule has 20 heavy (non-hydrogen) atoms. The number of nitrogens with one attached hydrogen (secondary N) is 1. The van der Waals surface area contributed by atoms with Crippen LogP contribution in [0.25, 0.3) is 0 Å². The zero-order valence-electron chi connectivity index (χ0n) is 12.4. The number of fused-ring (bicyclic) bond motifs is 1. The molecule has 0 amide bonds. The summed E-state index contributed by atoms with van der Waals surface area (Å²) in [6.07, 6.45) is 0. The number of hydrogen-bond acceptors (Lipinski definition) is 2. The first-order chi connectivity index (χ1) is 9.65. The molecule has 2 aromatic rings. The summed E-state index contributed by atoms with van der Waals surface area (Å²) in [5.74, 6) is 1.02. The lowest BCUT2D eigenvalue weighted by Gasteiger charge is -2.14. The van der Waals surface area contributed by atoms with Gasteiger partial charge in [0.25, 0.3) is 0 Å². The highest BCUT2D eigenvalue weighted by Gasteiger charge is 2.22. The molecule has 1 heterocycles. The number of benzene rings is 2. The number of aryl methyl sites for hydroxylation is 3. The summed E-state index contributed by atoms with van der Waals surface area (Å²) >= 11 is 0. The molecule has 0 unspecified atom stereocenters. The third-order valence-electron chi connectivity index (χ3n) is 4.19. The molecule has 0 radical (unpaired) electrons. The Kier molecular flexibility index (Phi) is 3.49. The van der Waals surface area contributed by atoms with Gasteiger partial charge in [-0.15, -0.1) is 0 Å². The van der Waals surface area contributed by atoms with Gasteiger partial charge in [-0.25, -0.2) is 0 Å². The van der Waals surface area contributed by atoms with E-state index in [0.717, 1.165) is 18.9 Å². The van der Waals surface area contributed by atoms with Crippen molar-refractivity contribution >= 4 is 0 Å². The predicted octanol–water partition coefficient (Wildman–Crippen LogP) is 3.84. The minimum absolute atomic E-state index is 0.298. The molecule has 1 aliphatic rings. The summed E-state index contributed by atoms with van der Waals surface area (Å²) in [4.78, 5) is 0. The van der Waals surface area contributed by atoms with Crippen molar-refractivity contribution in [1.82, 2.24) is 5.32 Å². The van der Waals surface area contributed by atoms with Crippen LogP contribution in [0.3, 0.4) is 0 Å². The number of para-hydroxylation sites is 1. The summed E-state index contributed by atoms with van der Waals surface area (Å²) < 4.78 is 5.71. The zero-order valence-corrected chi connectivity index (χ0v) is 12.4. The van der Waals surface area contributed by atoms with Crippen LogP contribution in [-0.4, -0.2) is 6.61 Å². The molecule has 0 aromatic heterocycles. The molecule has 1 N–H and O–H groups in total. The van der Waals surface area contributed by atoms with Crippen molar-refractivity contribution in [3.63, 3.8) is 0 Å². The van der Waals surface area contributed by atoms with Gasteiger partial charge in [-0.05, 0) is 49.1 Å². The van der Waals surface area contributed by atoms with Gasteiger partial charge in [0.1, 0.15) is 12.4 Å². The average molecular weight is 267 g/mol. The topological polar surface area (TPSA) is 21.3 Å². The minimum Gasteiger partial charge on any atom is -0.491 e. The second-order valence-electron chi connectivity index (χ2n) is 5.65. The highest BCUT2D eigenvalue weighted by atomic mass is 16.5. The van der Waals surface area contributed by atoms with E-state index in [0.29, 0.717) is 6.04 Å². The van der Waals surface area contributed by atoms with Gasteiger partial charge in [-0.3, -0.25) is 0 Å². The number of hydrogen-bond donors (Lipinski definition) is 1. The molecule has 1 aliphatic heterocycles. The highest BCUT2D eigenvalue weighted by molar-refractivity contribution is 5.40. The van der Waals surface area contributed by atoms with E-state index in [1.807, 2.05) is 12.1 Å². The SMILES string of the molecule is Cc1cc(C)c(CN[C@H]2COc3ccccc32)cc1C. The second kappa shape index (κ2) is 5.29. The lowest BCUT2D eigenvalue weighted by Crippen LogP contribution is -2.22. The van der Waals surface area contributed by atoms with Crippen LogP contribution in [0.2, 0.25) is 0 Å². The van der Waals surface area contributed by atoms with Gasteiger partial charge in [-0.2, -0.15) is 0 Å². The first-order valence-corrected chi connectivity index (χ1v) is 7.17. The van der Waals surface area contributed by atoms with Crippen LogP contribution < -0.4 is 10.1 Å². The van der Waals surface area contributed by atoms with Gasteiger partial charge < -0.3 is 10.1 Å². The van der Waals surface area contributed by atoms with Gasteiger partial charge in [0, 0.05) is 12.1 Å². The van der Waals surface area contributed by atoms with Gasteiger partial charge in [-0.1, -0.05) is 30.3 Å². The van der Waals surface area contributed by atoms with Crippen LogP contribution in [0.1, 0.15) is 33.9 Å². The summed E-state index contributed by atoms with van der Waals surface area (Å²) in [6.45, 7) is 8.13. The Morgan fingerprint density at radius 2 is 1.80 bits per heavy atom. The largest absolute Gasteiger partial charge is 0.491 e. The van der Waals surface area contributed by atoms with Crippen molar-refractivity contribution in [2.45, 2.75) is 33.4 Å². The number of ether oxygens (including phenoxy) is 1. The Morgan fingerprint density at radius 3 is 2.65 bits per heavy atom. The molecule has 0 fully saturated rings. The van der Waals surface area contributed by atoms with Gasteiger partial charge in [0.05, 0.1) is 6.04 Å². The van der Waals surface area contributed by atoms with Gasteiger partial charge in [0.2, 0.25) is 0 Å². The molecule has 104 valence electrons. The van der Waals surface area contributed by atoms with Crippen LogP contribution in [0.15, 0.2) is 36.4 Å². The molecule has 0 aliphatic carbocycles. The third-order valence-corrected chi connectivity index (χ3v) is 4.19. The maximum atomic E-state index is 5.71. The fourth-order valence-corrected chi connectivity index (χ4v) is 2.78. The molecule has 0 spiro atoms. The molecule has 3 rings (SSSR count). The normalized spacial score (nSPS) is 16.9. The van der Waals surface area contributed by atoms with Crippen LogP contribution in [-0.2, 0) is 6.54 Å². The molecule has 2 nitrogen and oxygen atoms in total. The Hall–Kier alpha value is -1.80. The molecule has 2 heteroatoms. The van der Waals surface area contributed by atoms with E-state index < -0.39 is 0 Å².